The zero-order valence-corrected chi connectivity index (χ0v) is 16.6. The van der Waals surface area contributed by atoms with Crippen molar-refractivity contribution in [1.29, 1.82) is 0 Å². The lowest BCUT2D eigenvalue weighted by molar-refractivity contribution is 0.402. The molecule has 3 heterocycles. The molecule has 2 aromatic heterocycles. The summed E-state index contributed by atoms with van der Waals surface area (Å²) in [6, 6.07) is 13.2. The topological polar surface area (TPSA) is 29.0 Å². The number of aryl methyl sites for hydroxylation is 2. The van der Waals surface area contributed by atoms with Gasteiger partial charge in [-0.1, -0.05) is 44.2 Å². The molecule has 1 aliphatic rings. The van der Waals surface area contributed by atoms with E-state index in [4.69, 9.17) is 9.97 Å². The van der Waals surface area contributed by atoms with E-state index in [-0.39, 0.29) is 0 Å². The van der Waals surface area contributed by atoms with Gasteiger partial charge in [-0.25, -0.2) is 9.97 Å². The van der Waals surface area contributed by atoms with E-state index in [0.717, 1.165) is 42.5 Å². The summed E-state index contributed by atoms with van der Waals surface area (Å²) in [5.74, 6) is 2.93. The second kappa shape index (κ2) is 7.75. The van der Waals surface area contributed by atoms with Crippen molar-refractivity contribution in [3.05, 3.63) is 52.7 Å². The molecule has 1 saturated heterocycles. The van der Waals surface area contributed by atoms with Crippen molar-refractivity contribution < 1.29 is 0 Å². The molecule has 0 aliphatic carbocycles. The van der Waals surface area contributed by atoms with E-state index in [0.29, 0.717) is 0 Å². The van der Waals surface area contributed by atoms with Crippen LogP contribution in [0.3, 0.4) is 0 Å². The highest BCUT2D eigenvalue weighted by molar-refractivity contribution is 7.18. The summed E-state index contributed by atoms with van der Waals surface area (Å²) in [6.45, 7) is 6.56. The second-order valence-electron chi connectivity index (χ2n) is 7.22. The van der Waals surface area contributed by atoms with E-state index < -0.39 is 0 Å². The molecule has 0 radical (unpaired) electrons. The average Bonchev–Trinajstić information content (AvgIpc) is 3.12. The first kappa shape index (κ1) is 17.5. The van der Waals surface area contributed by atoms with E-state index in [2.05, 4.69) is 55.1 Å². The summed E-state index contributed by atoms with van der Waals surface area (Å²) < 4.78 is 0. The molecule has 0 spiro atoms. The molecule has 3 nitrogen and oxygen atoms in total. The van der Waals surface area contributed by atoms with Gasteiger partial charge in [0.05, 0.1) is 5.39 Å². The molecule has 0 bridgehead atoms. The van der Waals surface area contributed by atoms with Gasteiger partial charge in [-0.05, 0) is 43.2 Å². The maximum Gasteiger partial charge on any atom is 0.141 e. The molecule has 4 heteroatoms. The van der Waals surface area contributed by atoms with Crippen molar-refractivity contribution in [1.82, 2.24) is 9.97 Å². The minimum absolute atomic E-state index is 0.783. The third kappa shape index (κ3) is 3.61. The Hall–Kier alpha value is -1.94. The maximum absolute atomic E-state index is 4.92. The molecule has 1 fully saturated rings. The van der Waals surface area contributed by atoms with Crippen LogP contribution < -0.4 is 4.90 Å². The van der Waals surface area contributed by atoms with E-state index >= 15 is 0 Å². The molecule has 3 aromatic rings. The first-order chi connectivity index (χ1) is 12.8. The van der Waals surface area contributed by atoms with Crippen LogP contribution in [-0.2, 0) is 19.3 Å². The number of fused-ring (bicyclic) bond motifs is 1. The maximum atomic E-state index is 4.92. The highest BCUT2D eigenvalue weighted by Gasteiger charge is 2.23. The van der Waals surface area contributed by atoms with Crippen LogP contribution in [0.15, 0.2) is 36.4 Å². The third-order valence-electron chi connectivity index (χ3n) is 5.42. The van der Waals surface area contributed by atoms with E-state index in [1.54, 1.807) is 0 Å². The van der Waals surface area contributed by atoms with Crippen LogP contribution in [-0.4, -0.2) is 23.1 Å². The van der Waals surface area contributed by atoms with Crippen molar-refractivity contribution in [3.8, 4) is 0 Å². The number of hydrogen-bond acceptors (Lipinski definition) is 4. The largest absolute Gasteiger partial charge is 0.356 e. The number of hydrogen-bond donors (Lipinski definition) is 0. The molecule has 0 N–H and O–H groups in total. The van der Waals surface area contributed by atoms with Gasteiger partial charge in [-0.15, -0.1) is 11.3 Å². The summed E-state index contributed by atoms with van der Waals surface area (Å²) in [7, 11) is 0. The molecule has 136 valence electrons. The number of rotatable bonds is 5. The van der Waals surface area contributed by atoms with Gasteiger partial charge in [0.15, 0.2) is 0 Å². The van der Waals surface area contributed by atoms with Gasteiger partial charge in [0.25, 0.3) is 0 Å². The van der Waals surface area contributed by atoms with Crippen molar-refractivity contribution in [2.45, 2.75) is 46.0 Å². The van der Waals surface area contributed by atoms with Crippen LogP contribution in [0.1, 0.15) is 43.0 Å². The van der Waals surface area contributed by atoms with Crippen LogP contribution in [0, 0.1) is 5.92 Å². The Morgan fingerprint density at radius 2 is 1.81 bits per heavy atom. The molecule has 1 aromatic carbocycles. The lowest BCUT2D eigenvalue weighted by Crippen LogP contribution is -2.35. The lowest BCUT2D eigenvalue weighted by atomic mass is 9.90. The first-order valence-corrected chi connectivity index (χ1v) is 10.7. The lowest BCUT2D eigenvalue weighted by Gasteiger charge is -2.33. The smallest absolute Gasteiger partial charge is 0.141 e. The number of aromatic nitrogens is 2. The Morgan fingerprint density at radius 1 is 1.04 bits per heavy atom. The highest BCUT2D eigenvalue weighted by atomic mass is 32.1. The second-order valence-corrected chi connectivity index (χ2v) is 8.34. The molecule has 1 aliphatic heterocycles. The average molecular weight is 366 g/mol. The SMILES string of the molecule is CCc1nc(N2CCC(Cc3ccccc3)CC2)c2cc(CC)sc2n1. The van der Waals surface area contributed by atoms with Crippen molar-refractivity contribution in [2.75, 3.05) is 18.0 Å². The summed E-state index contributed by atoms with van der Waals surface area (Å²) in [6.07, 6.45) is 5.65. The van der Waals surface area contributed by atoms with E-state index in [1.807, 2.05) is 11.3 Å². The number of thiophene rings is 1. The zero-order chi connectivity index (χ0) is 17.9. The van der Waals surface area contributed by atoms with Crippen molar-refractivity contribution in [2.24, 2.45) is 5.92 Å². The predicted octanol–water partition coefficient (Wildman–Crippen LogP) is 5.28. The number of anilines is 1. The van der Waals surface area contributed by atoms with Crippen LogP contribution in [0.5, 0.6) is 0 Å². The standard InChI is InChI=1S/C22H27N3S/c1-3-18-15-19-21(23-20(4-2)24-22(19)26-18)25-12-10-17(11-13-25)14-16-8-6-5-7-9-16/h5-9,15,17H,3-4,10-14H2,1-2H3. The molecule has 0 saturated carbocycles. The molecule has 26 heavy (non-hydrogen) atoms. The van der Waals surface area contributed by atoms with E-state index in [9.17, 15) is 0 Å². The van der Waals surface area contributed by atoms with Gasteiger partial charge < -0.3 is 4.90 Å². The monoisotopic (exact) mass is 365 g/mol. The van der Waals surface area contributed by atoms with Crippen LogP contribution >= 0.6 is 11.3 Å². The van der Waals surface area contributed by atoms with Gasteiger partial charge in [-0.3, -0.25) is 0 Å². The van der Waals surface area contributed by atoms with Gasteiger partial charge in [0.1, 0.15) is 16.5 Å². The molecule has 0 amide bonds. The van der Waals surface area contributed by atoms with Gasteiger partial charge >= 0.3 is 0 Å². The summed E-state index contributed by atoms with van der Waals surface area (Å²) in [5.41, 5.74) is 1.47. The molecule has 0 unspecified atom stereocenters. The number of benzene rings is 1. The Bertz CT molecular complexity index is 864. The van der Waals surface area contributed by atoms with Crippen LogP contribution in [0.25, 0.3) is 10.2 Å². The third-order valence-corrected chi connectivity index (χ3v) is 6.59. The van der Waals surface area contributed by atoms with Gasteiger partial charge in [0.2, 0.25) is 0 Å². The van der Waals surface area contributed by atoms with Crippen molar-refractivity contribution >= 4 is 27.4 Å². The fraction of sp³-hybridized carbons (Fsp3) is 0.455. The zero-order valence-electron chi connectivity index (χ0n) is 15.7. The molecule has 4 rings (SSSR count). The highest BCUT2D eigenvalue weighted by Crippen LogP contribution is 2.34. The van der Waals surface area contributed by atoms with Crippen LogP contribution in [0.4, 0.5) is 5.82 Å². The fourth-order valence-electron chi connectivity index (χ4n) is 3.87. The minimum Gasteiger partial charge on any atom is -0.356 e. The van der Waals surface area contributed by atoms with Crippen LogP contribution in [0.2, 0.25) is 0 Å². The van der Waals surface area contributed by atoms with Gasteiger partial charge in [-0.2, -0.15) is 0 Å². The molecular formula is C22H27N3S. The summed E-state index contributed by atoms with van der Waals surface area (Å²) >= 11 is 1.83. The van der Waals surface area contributed by atoms with Crippen molar-refractivity contribution in [3.63, 3.8) is 0 Å². The van der Waals surface area contributed by atoms with Gasteiger partial charge in [0, 0.05) is 24.4 Å². The Labute approximate surface area is 160 Å². The normalized spacial score (nSPS) is 15.7. The quantitative estimate of drug-likeness (QED) is 0.616. The fourth-order valence-corrected chi connectivity index (χ4v) is 4.85. The summed E-state index contributed by atoms with van der Waals surface area (Å²) in [4.78, 5) is 14.8. The Morgan fingerprint density at radius 3 is 2.50 bits per heavy atom. The predicted molar refractivity (Wildman–Crippen MR) is 111 cm³/mol. The minimum atomic E-state index is 0.783. The summed E-state index contributed by atoms with van der Waals surface area (Å²) in [5, 5.41) is 1.26. The Balaban J connectivity index is 1.52. The molecular weight excluding hydrogens is 338 g/mol. The number of nitrogens with zero attached hydrogens (tertiary/aromatic N) is 3. The number of piperidine rings is 1. The molecule has 0 atom stereocenters. The van der Waals surface area contributed by atoms with E-state index in [1.165, 1.54) is 40.9 Å². The first-order valence-electron chi connectivity index (χ1n) is 9.85. The Kier molecular flexibility index (Phi) is 5.21.